The minimum absolute atomic E-state index is 0.635. The Kier molecular flexibility index (Phi) is 2.99. The topological polar surface area (TPSA) is 38.5 Å². The maximum atomic E-state index is 6.17. The molecule has 0 bridgehead atoms. The van der Waals surface area contributed by atoms with E-state index in [1.54, 1.807) is 7.11 Å². The lowest BCUT2D eigenvalue weighted by Gasteiger charge is -2.18. The molecule has 1 heterocycles. The van der Waals surface area contributed by atoms with E-state index in [9.17, 15) is 0 Å². The predicted molar refractivity (Wildman–Crippen MR) is 78.7 cm³/mol. The summed E-state index contributed by atoms with van der Waals surface area (Å²) in [6, 6.07) is 11.9. The summed E-state index contributed by atoms with van der Waals surface area (Å²) in [6.07, 6.45) is 0. The lowest BCUT2D eigenvalue weighted by molar-refractivity contribution is 0.415. The molecule has 19 heavy (non-hydrogen) atoms. The van der Waals surface area contributed by atoms with Gasteiger partial charge in [0.1, 0.15) is 5.75 Å². The van der Waals surface area contributed by atoms with Crippen LogP contribution in [-0.2, 0) is 13.1 Å². The first-order valence-electron chi connectivity index (χ1n) is 6.13. The molecule has 0 amide bonds. The van der Waals surface area contributed by atoms with E-state index in [0.29, 0.717) is 10.8 Å². The molecule has 2 aromatic rings. The van der Waals surface area contributed by atoms with Crippen LogP contribution in [0.2, 0.25) is 5.02 Å². The third-order valence-corrected chi connectivity index (χ3v) is 3.75. The van der Waals surface area contributed by atoms with E-state index in [4.69, 9.17) is 22.1 Å². The van der Waals surface area contributed by atoms with Crippen LogP contribution in [0.25, 0.3) is 0 Å². The van der Waals surface area contributed by atoms with Gasteiger partial charge in [-0.1, -0.05) is 17.7 Å². The van der Waals surface area contributed by atoms with Crippen LogP contribution in [0, 0.1) is 0 Å². The normalized spacial score (nSPS) is 13.5. The van der Waals surface area contributed by atoms with Crippen molar-refractivity contribution in [3.8, 4) is 5.75 Å². The van der Waals surface area contributed by atoms with Crippen LogP contribution >= 0.6 is 11.6 Å². The fourth-order valence-electron chi connectivity index (χ4n) is 2.45. The Hall–Kier alpha value is -1.87. The molecule has 98 valence electrons. The van der Waals surface area contributed by atoms with Crippen LogP contribution in [0.15, 0.2) is 36.4 Å². The van der Waals surface area contributed by atoms with Gasteiger partial charge in [0.2, 0.25) is 0 Å². The average molecular weight is 275 g/mol. The Balaban J connectivity index is 1.88. The van der Waals surface area contributed by atoms with Crippen LogP contribution in [0.5, 0.6) is 5.75 Å². The first kappa shape index (κ1) is 12.2. The smallest absolute Gasteiger partial charge is 0.137 e. The minimum atomic E-state index is 0.635. The summed E-state index contributed by atoms with van der Waals surface area (Å²) in [6.45, 7) is 1.75. The lowest BCUT2D eigenvalue weighted by Crippen LogP contribution is -2.14. The summed E-state index contributed by atoms with van der Waals surface area (Å²) in [4.78, 5) is 2.27. The molecule has 0 radical (unpaired) electrons. The van der Waals surface area contributed by atoms with Crippen molar-refractivity contribution < 1.29 is 4.74 Å². The van der Waals surface area contributed by atoms with Crippen molar-refractivity contribution in [2.75, 3.05) is 17.7 Å². The maximum Gasteiger partial charge on any atom is 0.137 e. The van der Waals surface area contributed by atoms with Gasteiger partial charge >= 0.3 is 0 Å². The van der Waals surface area contributed by atoms with Gasteiger partial charge in [-0.05, 0) is 41.5 Å². The van der Waals surface area contributed by atoms with Gasteiger partial charge in [-0.3, -0.25) is 0 Å². The van der Waals surface area contributed by atoms with Gasteiger partial charge in [-0.25, -0.2) is 0 Å². The molecule has 0 spiro atoms. The number of rotatable bonds is 2. The number of anilines is 2. The third-order valence-electron chi connectivity index (χ3n) is 3.45. The number of hydrogen-bond donors (Lipinski definition) is 1. The van der Waals surface area contributed by atoms with Crippen LogP contribution in [0.4, 0.5) is 11.4 Å². The van der Waals surface area contributed by atoms with Crippen molar-refractivity contribution in [3.05, 3.63) is 52.5 Å². The number of nitrogen functional groups attached to an aromatic ring is 1. The Morgan fingerprint density at radius 1 is 1.11 bits per heavy atom. The number of nitrogens with two attached hydrogens (primary N) is 1. The maximum absolute atomic E-state index is 6.17. The van der Waals surface area contributed by atoms with Gasteiger partial charge in [0.05, 0.1) is 12.1 Å². The molecule has 0 unspecified atom stereocenters. The summed E-state index contributed by atoms with van der Waals surface area (Å²) in [5.74, 6) is 0.700. The molecule has 1 aliphatic rings. The number of benzene rings is 2. The van der Waals surface area contributed by atoms with Crippen LogP contribution in [0.3, 0.4) is 0 Å². The fraction of sp³-hybridized carbons (Fsp3) is 0.200. The molecule has 0 saturated carbocycles. The number of nitrogens with zero attached hydrogens (tertiary/aromatic N) is 1. The molecule has 2 N–H and O–H groups in total. The fourth-order valence-corrected chi connectivity index (χ4v) is 2.70. The van der Waals surface area contributed by atoms with Crippen molar-refractivity contribution in [1.82, 2.24) is 0 Å². The summed E-state index contributed by atoms with van der Waals surface area (Å²) in [5, 5.41) is 0.635. The Bertz CT molecular complexity index is 628. The number of halogens is 1. The van der Waals surface area contributed by atoms with E-state index >= 15 is 0 Å². The third kappa shape index (κ3) is 2.22. The lowest BCUT2D eigenvalue weighted by atomic mass is 10.1. The molecule has 0 aliphatic carbocycles. The number of hydrogen-bond acceptors (Lipinski definition) is 3. The van der Waals surface area contributed by atoms with Crippen LogP contribution in [0.1, 0.15) is 11.1 Å². The quantitative estimate of drug-likeness (QED) is 0.853. The number of methoxy groups -OCH3 is 1. The summed E-state index contributed by atoms with van der Waals surface area (Å²) >= 11 is 6.17. The second-order valence-corrected chi connectivity index (χ2v) is 5.11. The van der Waals surface area contributed by atoms with Crippen molar-refractivity contribution in [1.29, 1.82) is 0 Å². The van der Waals surface area contributed by atoms with Crippen molar-refractivity contribution >= 4 is 23.0 Å². The van der Waals surface area contributed by atoms with Gasteiger partial charge in [0.25, 0.3) is 0 Å². The summed E-state index contributed by atoms with van der Waals surface area (Å²) in [7, 11) is 1.62. The standard InChI is InChI=1S/C15H15ClN2O/c1-19-15-5-4-13(7-14(15)16)18-8-10-2-3-12(17)6-11(10)9-18/h2-7H,8-9,17H2,1H3. The van der Waals surface area contributed by atoms with Gasteiger partial charge in [-0.15, -0.1) is 0 Å². The van der Waals surface area contributed by atoms with E-state index in [1.165, 1.54) is 11.1 Å². The second-order valence-electron chi connectivity index (χ2n) is 4.70. The predicted octanol–water partition coefficient (Wildman–Crippen LogP) is 3.45. The summed E-state index contributed by atoms with van der Waals surface area (Å²) < 4.78 is 5.17. The molecular formula is C15H15ClN2O. The van der Waals surface area contributed by atoms with E-state index in [0.717, 1.165) is 24.5 Å². The zero-order valence-electron chi connectivity index (χ0n) is 10.7. The molecule has 4 heteroatoms. The molecule has 3 rings (SSSR count). The van der Waals surface area contributed by atoms with E-state index in [2.05, 4.69) is 11.0 Å². The number of fused-ring (bicyclic) bond motifs is 1. The van der Waals surface area contributed by atoms with Crippen molar-refractivity contribution in [2.24, 2.45) is 0 Å². The van der Waals surface area contributed by atoms with Gasteiger partial charge in [0, 0.05) is 24.5 Å². The second kappa shape index (κ2) is 4.67. The summed E-state index contributed by atoms with van der Waals surface area (Å²) in [5.41, 5.74) is 10.3. The largest absolute Gasteiger partial charge is 0.495 e. The molecule has 0 atom stereocenters. The monoisotopic (exact) mass is 274 g/mol. The first-order chi connectivity index (χ1) is 9.17. The highest BCUT2D eigenvalue weighted by atomic mass is 35.5. The van der Waals surface area contributed by atoms with Gasteiger partial charge < -0.3 is 15.4 Å². The first-order valence-corrected chi connectivity index (χ1v) is 6.51. The van der Waals surface area contributed by atoms with E-state index in [-0.39, 0.29) is 0 Å². The molecular weight excluding hydrogens is 260 g/mol. The van der Waals surface area contributed by atoms with Crippen molar-refractivity contribution in [3.63, 3.8) is 0 Å². The highest BCUT2D eigenvalue weighted by molar-refractivity contribution is 6.32. The highest BCUT2D eigenvalue weighted by Gasteiger charge is 2.19. The molecule has 1 aliphatic heterocycles. The van der Waals surface area contributed by atoms with E-state index in [1.807, 2.05) is 30.3 Å². The van der Waals surface area contributed by atoms with Crippen LogP contribution < -0.4 is 15.4 Å². The van der Waals surface area contributed by atoms with Gasteiger partial charge in [0.15, 0.2) is 0 Å². The Morgan fingerprint density at radius 2 is 1.89 bits per heavy atom. The Labute approximate surface area is 117 Å². The highest BCUT2D eigenvalue weighted by Crippen LogP contribution is 2.34. The average Bonchev–Trinajstić information content (AvgIpc) is 2.81. The molecule has 2 aromatic carbocycles. The minimum Gasteiger partial charge on any atom is -0.495 e. The zero-order chi connectivity index (χ0) is 13.4. The van der Waals surface area contributed by atoms with Crippen molar-refractivity contribution in [2.45, 2.75) is 13.1 Å². The molecule has 0 fully saturated rings. The van der Waals surface area contributed by atoms with Crippen LogP contribution in [-0.4, -0.2) is 7.11 Å². The number of ether oxygens (including phenoxy) is 1. The van der Waals surface area contributed by atoms with E-state index < -0.39 is 0 Å². The molecule has 3 nitrogen and oxygen atoms in total. The Morgan fingerprint density at radius 3 is 2.63 bits per heavy atom. The molecule has 0 aromatic heterocycles. The SMILES string of the molecule is COc1ccc(N2Cc3ccc(N)cc3C2)cc1Cl. The molecule has 0 saturated heterocycles. The van der Waals surface area contributed by atoms with Gasteiger partial charge in [-0.2, -0.15) is 0 Å². The zero-order valence-corrected chi connectivity index (χ0v) is 11.4.